The Morgan fingerprint density at radius 1 is 1.16 bits per heavy atom. The van der Waals surface area contributed by atoms with Crippen LogP contribution >= 0.6 is 11.8 Å². The van der Waals surface area contributed by atoms with Crippen LogP contribution in [0.3, 0.4) is 0 Å². The summed E-state index contributed by atoms with van der Waals surface area (Å²) in [7, 11) is 1.58. The van der Waals surface area contributed by atoms with Gasteiger partial charge < -0.3 is 15.8 Å². The van der Waals surface area contributed by atoms with E-state index >= 15 is 0 Å². The van der Waals surface area contributed by atoms with Crippen molar-refractivity contribution in [2.75, 3.05) is 18.7 Å². The number of carbonyl (C=O) groups excluding carboxylic acids is 1. The van der Waals surface area contributed by atoms with Crippen molar-refractivity contribution < 1.29 is 14.5 Å². The summed E-state index contributed by atoms with van der Waals surface area (Å²) in [6, 6.07) is 12.9. The lowest BCUT2D eigenvalue weighted by Gasteiger charge is -2.14. The highest BCUT2D eigenvalue weighted by Crippen LogP contribution is 2.28. The molecule has 0 aliphatic carbocycles. The van der Waals surface area contributed by atoms with Crippen LogP contribution in [0.2, 0.25) is 0 Å². The highest BCUT2D eigenvalue weighted by molar-refractivity contribution is 8.02. The Labute approximate surface area is 149 Å². The number of nitro groups is 1. The third-order valence-corrected chi connectivity index (χ3v) is 4.11. The zero-order chi connectivity index (χ0) is 18.4. The van der Waals surface area contributed by atoms with Gasteiger partial charge in [-0.3, -0.25) is 14.9 Å². The number of carbonyl (C=O) groups is 1. The van der Waals surface area contributed by atoms with Crippen LogP contribution < -0.4 is 15.8 Å². The Hall–Kier alpha value is -3.00. The second kappa shape index (κ2) is 8.20. The van der Waals surface area contributed by atoms with Crippen molar-refractivity contribution in [1.29, 1.82) is 0 Å². The van der Waals surface area contributed by atoms with Crippen LogP contribution in [0, 0.1) is 10.1 Å². The SMILES string of the molecule is COc1ccc(N/C(SC)=C(/C(N)=O)c2ccc([N+](=O)[O-])cc2)cc1. The summed E-state index contributed by atoms with van der Waals surface area (Å²) in [6.45, 7) is 0. The molecule has 0 aromatic heterocycles. The molecule has 0 fully saturated rings. The molecule has 0 saturated carbocycles. The van der Waals surface area contributed by atoms with Crippen LogP contribution in [-0.2, 0) is 4.79 Å². The fourth-order valence-corrected chi connectivity index (χ4v) is 2.80. The molecule has 130 valence electrons. The van der Waals surface area contributed by atoms with Crippen molar-refractivity contribution in [2.45, 2.75) is 0 Å². The highest BCUT2D eigenvalue weighted by Gasteiger charge is 2.16. The summed E-state index contributed by atoms with van der Waals surface area (Å²) in [4.78, 5) is 22.2. The molecule has 7 nitrogen and oxygen atoms in total. The minimum atomic E-state index is -0.626. The van der Waals surface area contributed by atoms with E-state index in [0.717, 1.165) is 5.69 Å². The third kappa shape index (κ3) is 4.51. The quantitative estimate of drug-likeness (QED) is 0.446. The van der Waals surface area contributed by atoms with Gasteiger partial charge >= 0.3 is 0 Å². The van der Waals surface area contributed by atoms with Gasteiger partial charge in [-0.2, -0.15) is 0 Å². The third-order valence-electron chi connectivity index (χ3n) is 3.39. The minimum Gasteiger partial charge on any atom is -0.497 e. The van der Waals surface area contributed by atoms with E-state index in [1.165, 1.54) is 36.0 Å². The van der Waals surface area contributed by atoms with Gasteiger partial charge in [0, 0.05) is 17.8 Å². The largest absolute Gasteiger partial charge is 0.497 e. The first-order valence-corrected chi connectivity index (χ1v) is 8.42. The van der Waals surface area contributed by atoms with Crippen molar-refractivity contribution in [3.63, 3.8) is 0 Å². The van der Waals surface area contributed by atoms with E-state index in [1.54, 1.807) is 25.5 Å². The Morgan fingerprint density at radius 2 is 1.76 bits per heavy atom. The van der Waals surface area contributed by atoms with Gasteiger partial charge in [-0.25, -0.2) is 0 Å². The van der Waals surface area contributed by atoms with Gasteiger partial charge in [0.05, 0.1) is 22.6 Å². The fraction of sp³-hybridized carbons (Fsp3) is 0.118. The van der Waals surface area contributed by atoms with Gasteiger partial charge in [0.1, 0.15) is 5.75 Å². The van der Waals surface area contributed by atoms with Gasteiger partial charge in [-0.15, -0.1) is 11.8 Å². The van der Waals surface area contributed by atoms with Gasteiger partial charge in [0.25, 0.3) is 11.6 Å². The van der Waals surface area contributed by atoms with Crippen molar-refractivity contribution >= 4 is 34.6 Å². The van der Waals surface area contributed by atoms with E-state index in [9.17, 15) is 14.9 Å². The molecule has 0 aliphatic heterocycles. The number of thioether (sulfide) groups is 1. The van der Waals surface area contributed by atoms with E-state index in [0.29, 0.717) is 16.3 Å². The van der Waals surface area contributed by atoms with Crippen molar-refractivity contribution in [1.82, 2.24) is 0 Å². The molecule has 2 aromatic carbocycles. The molecule has 3 N–H and O–H groups in total. The van der Waals surface area contributed by atoms with Gasteiger partial charge in [0.2, 0.25) is 0 Å². The number of amides is 1. The number of methoxy groups -OCH3 is 1. The number of hydrogen-bond acceptors (Lipinski definition) is 6. The number of nitro benzene ring substituents is 1. The topological polar surface area (TPSA) is 107 Å². The molecular formula is C17H17N3O4S. The number of rotatable bonds is 7. The van der Waals surface area contributed by atoms with E-state index in [4.69, 9.17) is 10.5 Å². The van der Waals surface area contributed by atoms with Crippen LogP contribution in [0.1, 0.15) is 5.56 Å². The fourth-order valence-electron chi connectivity index (χ4n) is 2.16. The lowest BCUT2D eigenvalue weighted by atomic mass is 10.1. The number of nitrogens with one attached hydrogen (secondary N) is 1. The summed E-state index contributed by atoms with van der Waals surface area (Å²) >= 11 is 1.32. The Balaban J connectivity index is 2.41. The van der Waals surface area contributed by atoms with E-state index in [2.05, 4.69) is 5.32 Å². The molecule has 0 unspecified atom stereocenters. The number of non-ortho nitro benzene ring substituents is 1. The lowest BCUT2D eigenvalue weighted by Crippen LogP contribution is -2.16. The smallest absolute Gasteiger partial charge is 0.269 e. The summed E-state index contributed by atoms with van der Waals surface area (Å²) in [5, 5.41) is 14.5. The maximum atomic E-state index is 12.0. The molecule has 0 aliphatic rings. The lowest BCUT2D eigenvalue weighted by molar-refractivity contribution is -0.384. The minimum absolute atomic E-state index is 0.0543. The van der Waals surface area contributed by atoms with Gasteiger partial charge in [-0.1, -0.05) is 0 Å². The van der Waals surface area contributed by atoms with Crippen LogP contribution in [0.15, 0.2) is 53.6 Å². The van der Waals surface area contributed by atoms with E-state index < -0.39 is 10.8 Å². The van der Waals surface area contributed by atoms with Crippen LogP contribution in [0.25, 0.3) is 5.57 Å². The number of nitrogens with two attached hydrogens (primary N) is 1. The normalized spacial score (nSPS) is 11.4. The summed E-state index contributed by atoms with van der Waals surface area (Å²) in [6.07, 6.45) is 1.81. The van der Waals surface area contributed by atoms with E-state index in [1.807, 2.05) is 12.1 Å². The van der Waals surface area contributed by atoms with Gasteiger partial charge in [0.15, 0.2) is 0 Å². The predicted molar refractivity (Wildman–Crippen MR) is 99.3 cm³/mol. The second-order valence-corrected chi connectivity index (χ2v) is 5.75. The van der Waals surface area contributed by atoms with Crippen molar-refractivity contribution in [2.24, 2.45) is 5.73 Å². The molecule has 0 atom stereocenters. The number of anilines is 1. The molecule has 2 rings (SSSR count). The zero-order valence-corrected chi connectivity index (χ0v) is 14.5. The van der Waals surface area contributed by atoms with Crippen molar-refractivity contribution in [3.05, 3.63) is 69.2 Å². The molecule has 2 aromatic rings. The molecule has 0 saturated heterocycles. The van der Waals surface area contributed by atoms with Crippen LogP contribution in [-0.4, -0.2) is 24.2 Å². The highest BCUT2D eigenvalue weighted by atomic mass is 32.2. The monoisotopic (exact) mass is 359 g/mol. The zero-order valence-electron chi connectivity index (χ0n) is 13.7. The van der Waals surface area contributed by atoms with Crippen LogP contribution in [0.4, 0.5) is 11.4 Å². The second-order valence-electron chi connectivity index (χ2n) is 4.93. The van der Waals surface area contributed by atoms with E-state index in [-0.39, 0.29) is 11.3 Å². The summed E-state index contributed by atoms with van der Waals surface area (Å²) in [5.74, 6) is 0.0879. The number of hydrogen-bond donors (Lipinski definition) is 2. The average molecular weight is 359 g/mol. The maximum absolute atomic E-state index is 12.0. The predicted octanol–water partition coefficient (Wildman–Crippen LogP) is 3.23. The Bertz CT molecular complexity index is 802. The molecule has 0 spiro atoms. The average Bonchev–Trinajstić information content (AvgIpc) is 2.61. The standard InChI is InChI=1S/C17H17N3O4S/c1-24-14-9-5-12(6-10-14)19-17(25-2)15(16(18)21)11-3-7-13(8-4-11)20(22)23/h3-10,19H,1-2H3,(H2,18,21)/b17-15-. The summed E-state index contributed by atoms with van der Waals surface area (Å²) < 4.78 is 5.11. The first-order valence-electron chi connectivity index (χ1n) is 7.20. The van der Waals surface area contributed by atoms with Crippen LogP contribution in [0.5, 0.6) is 5.75 Å². The number of primary amides is 1. The number of benzene rings is 2. The number of nitrogens with zero attached hydrogens (tertiary/aromatic N) is 1. The first kappa shape index (κ1) is 18.3. The Kier molecular flexibility index (Phi) is 6.02. The number of ether oxygens (including phenoxy) is 1. The summed E-state index contributed by atoms with van der Waals surface area (Å²) in [5.41, 5.74) is 7.00. The van der Waals surface area contributed by atoms with Gasteiger partial charge in [-0.05, 0) is 48.2 Å². The molecule has 0 bridgehead atoms. The molecule has 0 heterocycles. The molecule has 0 radical (unpaired) electrons. The molecule has 8 heteroatoms. The molecule has 1 amide bonds. The maximum Gasteiger partial charge on any atom is 0.269 e. The molecule has 25 heavy (non-hydrogen) atoms. The first-order chi connectivity index (χ1) is 12.0. The Morgan fingerprint density at radius 3 is 2.20 bits per heavy atom. The molecular weight excluding hydrogens is 342 g/mol. The van der Waals surface area contributed by atoms with Crippen molar-refractivity contribution in [3.8, 4) is 5.75 Å².